The van der Waals surface area contributed by atoms with Gasteiger partial charge in [-0.05, 0) is 26.0 Å². The van der Waals surface area contributed by atoms with Crippen molar-refractivity contribution in [3.05, 3.63) is 41.6 Å². The lowest BCUT2D eigenvalue weighted by atomic mass is 10.2. The Balaban J connectivity index is 2.30. The van der Waals surface area contributed by atoms with E-state index < -0.39 is 23.1 Å². The van der Waals surface area contributed by atoms with Gasteiger partial charge in [0.1, 0.15) is 22.9 Å². The van der Waals surface area contributed by atoms with Crippen molar-refractivity contribution in [2.45, 2.75) is 13.8 Å². The van der Waals surface area contributed by atoms with E-state index >= 15 is 0 Å². The molecule has 2 aromatic rings. The van der Waals surface area contributed by atoms with Crippen LogP contribution in [-0.4, -0.2) is 29.1 Å². The lowest BCUT2D eigenvalue weighted by Crippen LogP contribution is -2.17. The fourth-order valence-corrected chi connectivity index (χ4v) is 1.78. The third-order valence-corrected chi connectivity index (χ3v) is 2.72. The van der Waals surface area contributed by atoms with Crippen molar-refractivity contribution < 1.29 is 23.0 Å². The summed E-state index contributed by atoms with van der Waals surface area (Å²) in [5, 5.41) is 2.34. The van der Waals surface area contributed by atoms with Gasteiger partial charge in [-0.2, -0.15) is 4.98 Å². The zero-order valence-corrected chi connectivity index (χ0v) is 12.6. The Bertz CT molecular complexity index is 690. The van der Waals surface area contributed by atoms with Crippen LogP contribution in [0, 0.1) is 11.6 Å². The highest BCUT2D eigenvalue weighted by molar-refractivity contribution is 6.05. The quantitative estimate of drug-likeness (QED) is 0.885. The summed E-state index contributed by atoms with van der Waals surface area (Å²) < 4.78 is 37.7. The maximum Gasteiger partial charge on any atom is 0.319 e. The Kier molecular flexibility index (Phi) is 5.40. The molecule has 0 aliphatic carbocycles. The second kappa shape index (κ2) is 7.48. The Morgan fingerprint density at radius 2 is 1.83 bits per heavy atom. The van der Waals surface area contributed by atoms with Crippen LogP contribution < -0.4 is 14.8 Å². The molecule has 0 aliphatic heterocycles. The second-order valence-electron chi connectivity index (χ2n) is 4.29. The van der Waals surface area contributed by atoms with Crippen molar-refractivity contribution in [1.29, 1.82) is 0 Å². The van der Waals surface area contributed by atoms with Gasteiger partial charge in [0.15, 0.2) is 0 Å². The number of hydrogen-bond acceptors (Lipinski definition) is 5. The molecule has 1 heterocycles. The van der Waals surface area contributed by atoms with Crippen LogP contribution in [-0.2, 0) is 0 Å². The minimum atomic E-state index is -0.965. The van der Waals surface area contributed by atoms with E-state index in [0.29, 0.717) is 6.61 Å². The van der Waals surface area contributed by atoms with E-state index in [1.807, 2.05) is 0 Å². The molecule has 0 unspecified atom stereocenters. The first kappa shape index (κ1) is 16.6. The number of nitrogens with one attached hydrogen (secondary N) is 1. The molecule has 0 spiro atoms. The van der Waals surface area contributed by atoms with Gasteiger partial charge in [-0.15, -0.1) is 0 Å². The molecule has 0 aliphatic rings. The van der Waals surface area contributed by atoms with Crippen molar-refractivity contribution in [3.63, 3.8) is 0 Å². The van der Waals surface area contributed by atoms with Gasteiger partial charge in [-0.1, -0.05) is 6.07 Å². The Morgan fingerprint density at radius 3 is 2.43 bits per heavy atom. The average molecular weight is 323 g/mol. The number of rotatable bonds is 6. The summed E-state index contributed by atoms with van der Waals surface area (Å²) in [4.78, 5) is 20.0. The number of carbonyl (C=O) groups is 1. The molecule has 1 amide bonds. The number of hydrogen-bond donors (Lipinski definition) is 1. The van der Waals surface area contributed by atoms with Gasteiger partial charge in [0.05, 0.1) is 19.4 Å². The van der Waals surface area contributed by atoms with Gasteiger partial charge in [0, 0.05) is 0 Å². The van der Waals surface area contributed by atoms with Gasteiger partial charge in [-0.3, -0.25) is 4.79 Å². The monoisotopic (exact) mass is 323 g/mol. The summed E-state index contributed by atoms with van der Waals surface area (Å²) >= 11 is 0. The molecule has 0 atom stereocenters. The Hall–Kier alpha value is -2.77. The first-order valence-electron chi connectivity index (χ1n) is 6.94. The lowest BCUT2D eigenvalue weighted by molar-refractivity contribution is 0.101. The van der Waals surface area contributed by atoms with Gasteiger partial charge in [0.2, 0.25) is 5.88 Å². The van der Waals surface area contributed by atoms with Crippen molar-refractivity contribution in [1.82, 2.24) is 9.97 Å². The summed E-state index contributed by atoms with van der Waals surface area (Å²) in [5.74, 6) is -2.84. The zero-order valence-electron chi connectivity index (χ0n) is 12.6. The van der Waals surface area contributed by atoms with E-state index in [9.17, 15) is 13.6 Å². The van der Waals surface area contributed by atoms with Crippen LogP contribution in [0.1, 0.15) is 24.2 Å². The molecule has 0 saturated heterocycles. The van der Waals surface area contributed by atoms with Crippen molar-refractivity contribution >= 4 is 11.6 Å². The second-order valence-corrected chi connectivity index (χ2v) is 4.29. The fraction of sp³-hybridized carbons (Fsp3) is 0.267. The molecule has 0 saturated carbocycles. The molecule has 0 fully saturated rings. The largest absolute Gasteiger partial charge is 0.476 e. The minimum Gasteiger partial charge on any atom is -0.476 e. The SMILES string of the molecule is CCOc1ncc(NC(=O)c2c(F)cccc2F)c(OCC)n1. The number of ether oxygens (including phenoxy) is 2. The smallest absolute Gasteiger partial charge is 0.319 e. The van der Waals surface area contributed by atoms with Crippen LogP contribution in [0.2, 0.25) is 0 Å². The van der Waals surface area contributed by atoms with Crippen molar-refractivity contribution in [2.24, 2.45) is 0 Å². The standard InChI is InChI=1S/C15H15F2N3O3/c1-3-22-14-11(8-18-15(20-14)23-4-2)19-13(21)12-9(16)6-5-7-10(12)17/h5-8H,3-4H2,1-2H3,(H,19,21). The van der Waals surface area contributed by atoms with E-state index in [1.54, 1.807) is 13.8 Å². The van der Waals surface area contributed by atoms with Crippen LogP contribution in [0.4, 0.5) is 14.5 Å². The third kappa shape index (κ3) is 3.91. The van der Waals surface area contributed by atoms with Gasteiger partial charge >= 0.3 is 6.01 Å². The molecule has 23 heavy (non-hydrogen) atoms. The normalized spacial score (nSPS) is 10.3. The number of aromatic nitrogens is 2. The molecule has 0 bridgehead atoms. The molecule has 1 aromatic carbocycles. The van der Waals surface area contributed by atoms with Gasteiger partial charge in [-0.25, -0.2) is 13.8 Å². The minimum absolute atomic E-state index is 0.0519. The van der Waals surface area contributed by atoms with Crippen LogP contribution >= 0.6 is 0 Å². The van der Waals surface area contributed by atoms with E-state index in [4.69, 9.17) is 9.47 Å². The highest BCUT2D eigenvalue weighted by atomic mass is 19.1. The van der Waals surface area contributed by atoms with Crippen molar-refractivity contribution in [3.8, 4) is 11.9 Å². The molecule has 122 valence electrons. The van der Waals surface area contributed by atoms with E-state index in [1.165, 1.54) is 12.3 Å². The lowest BCUT2D eigenvalue weighted by Gasteiger charge is -2.12. The first-order chi connectivity index (χ1) is 11.1. The fourth-order valence-electron chi connectivity index (χ4n) is 1.78. The number of anilines is 1. The number of nitrogens with zero attached hydrogens (tertiary/aromatic N) is 2. The average Bonchev–Trinajstić information content (AvgIpc) is 2.50. The first-order valence-corrected chi connectivity index (χ1v) is 6.94. The summed E-state index contributed by atoms with van der Waals surface area (Å²) in [6.45, 7) is 4.13. The van der Waals surface area contributed by atoms with E-state index in [-0.39, 0.29) is 24.2 Å². The van der Waals surface area contributed by atoms with Gasteiger partial charge < -0.3 is 14.8 Å². The molecule has 1 N–H and O–H groups in total. The maximum atomic E-state index is 13.6. The molecule has 8 heteroatoms. The van der Waals surface area contributed by atoms with Crippen molar-refractivity contribution in [2.75, 3.05) is 18.5 Å². The van der Waals surface area contributed by atoms with Crippen LogP contribution in [0.25, 0.3) is 0 Å². The molecular weight excluding hydrogens is 308 g/mol. The summed E-state index contributed by atoms with van der Waals surface area (Å²) in [5.41, 5.74) is -0.605. The highest BCUT2D eigenvalue weighted by Crippen LogP contribution is 2.24. The third-order valence-electron chi connectivity index (χ3n) is 2.72. The maximum absolute atomic E-state index is 13.6. The van der Waals surface area contributed by atoms with Gasteiger partial charge in [0.25, 0.3) is 5.91 Å². The molecule has 6 nitrogen and oxygen atoms in total. The number of halogens is 2. The van der Waals surface area contributed by atoms with Crippen LogP contribution in [0.15, 0.2) is 24.4 Å². The van der Waals surface area contributed by atoms with E-state index in [2.05, 4.69) is 15.3 Å². The summed E-state index contributed by atoms with van der Waals surface area (Å²) in [6, 6.07) is 3.24. The number of benzene rings is 1. The number of carbonyl (C=O) groups excluding carboxylic acids is 1. The van der Waals surface area contributed by atoms with E-state index in [0.717, 1.165) is 12.1 Å². The Labute approximate surface area is 131 Å². The predicted octanol–water partition coefficient (Wildman–Crippen LogP) is 2.80. The highest BCUT2D eigenvalue weighted by Gasteiger charge is 2.19. The zero-order chi connectivity index (χ0) is 16.8. The topological polar surface area (TPSA) is 73.3 Å². The number of amides is 1. The summed E-state index contributed by atoms with van der Waals surface area (Å²) in [7, 11) is 0. The van der Waals surface area contributed by atoms with Crippen LogP contribution in [0.5, 0.6) is 11.9 Å². The predicted molar refractivity (Wildman–Crippen MR) is 78.7 cm³/mol. The summed E-state index contributed by atoms with van der Waals surface area (Å²) in [6.07, 6.45) is 1.25. The molecular formula is C15H15F2N3O3. The Morgan fingerprint density at radius 1 is 1.17 bits per heavy atom. The molecule has 2 rings (SSSR count). The molecule has 1 aromatic heterocycles. The molecule has 0 radical (unpaired) electrons. The van der Waals surface area contributed by atoms with Crippen LogP contribution in [0.3, 0.4) is 0 Å².